The fraction of sp³-hybridized carbons (Fsp3) is 0.500. The van der Waals surface area contributed by atoms with Gasteiger partial charge in [-0.05, 0) is 13.8 Å². The van der Waals surface area contributed by atoms with Gasteiger partial charge in [0, 0.05) is 0 Å². The molecule has 1 aromatic heterocycles. The van der Waals surface area contributed by atoms with Crippen LogP contribution in [0.4, 0.5) is 0 Å². The molecule has 0 bridgehead atoms. The second-order valence-corrected chi connectivity index (χ2v) is 3.01. The standard InChI is InChI=1S/C8H12N2O2/c1-8(2,11)7-9-4-6(12-3)5-10-7/h4-5,11H,1-3H3. The highest BCUT2D eigenvalue weighted by Crippen LogP contribution is 2.15. The third-order valence-electron chi connectivity index (χ3n) is 1.41. The summed E-state index contributed by atoms with van der Waals surface area (Å²) in [5, 5.41) is 9.49. The lowest BCUT2D eigenvalue weighted by Crippen LogP contribution is -2.19. The average Bonchev–Trinajstić information content (AvgIpc) is 2.03. The number of hydrogen-bond donors (Lipinski definition) is 1. The number of aliphatic hydroxyl groups is 1. The molecule has 0 aliphatic rings. The van der Waals surface area contributed by atoms with Crippen molar-refractivity contribution in [1.29, 1.82) is 0 Å². The van der Waals surface area contributed by atoms with Crippen LogP contribution in [0.15, 0.2) is 12.4 Å². The molecular weight excluding hydrogens is 156 g/mol. The maximum atomic E-state index is 9.49. The molecule has 0 aromatic carbocycles. The van der Waals surface area contributed by atoms with E-state index in [1.165, 1.54) is 12.4 Å². The highest BCUT2D eigenvalue weighted by Gasteiger charge is 2.18. The van der Waals surface area contributed by atoms with E-state index >= 15 is 0 Å². The quantitative estimate of drug-likeness (QED) is 0.706. The first-order valence-electron chi connectivity index (χ1n) is 3.63. The molecule has 1 N–H and O–H groups in total. The first kappa shape index (κ1) is 8.93. The maximum absolute atomic E-state index is 9.49. The predicted octanol–water partition coefficient (Wildman–Crippen LogP) is 0.713. The number of aromatic nitrogens is 2. The number of nitrogens with zero attached hydrogens (tertiary/aromatic N) is 2. The summed E-state index contributed by atoms with van der Waals surface area (Å²) >= 11 is 0. The van der Waals surface area contributed by atoms with Gasteiger partial charge in [0.15, 0.2) is 11.6 Å². The van der Waals surface area contributed by atoms with Crippen molar-refractivity contribution in [3.8, 4) is 5.75 Å². The fourth-order valence-electron chi connectivity index (χ4n) is 0.738. The normalized spacial score (nSPS) is 11.3. The van der Waals surface area contributed by atoms with Crippen LogP contribution in [0.3, 0.4) is 0 Å². The molecule has 0 aliphatic heterocycles. The number of rotatable bonds is 2. The van der Waals surface area contributed by atoms with Crippen molar-refractivity contribution in [2.24, 2.45) is 0 Å². The van der Waals surface area contributed by atoms with Gasteiger partial charge in [0.2, 0.25) is 0 Å². The van der Waals surface area contributed by atoms with Crippen LogP contribution in [-0.2, 0) is 5.60 Å². The van der Waals surface area contributed by atoms with Gasteiger partial charge in [-0.1, -0.05) is 0 Å². The second-order valence-electron chi connectivity index (χ2n) is 3.01. The molecule has 0 radical (unpaired) electrons. The Hall–Kier alpha value is -1.16. The molecule has 0 saturated heterocycles. The van der Waals surface area contributed by atoms with E-state index in [1.807, 2.05) is 0 Å². The molecule has 0 fully saturated rings. The summed E-state index contributed by atoms with van der Waals surface area (Å²) in [5.74, 6) is 0.978. The smallest absolute Gasteiger partial charge is 0.159 e. The minimum Gasteiger partial charge on any atom is -0.494 e. The zero-order valence-electron chi connectivity index (χ0n) is 7.40. The average molecular weight is 168 g/mol. The monoisotopic (exact) mass is 168 g/mol. The fourth-order valence-corrected chi connectivity index (χ4v) is 0.738. The molecule has 0 aliphatic carbocycles. The molecule has 66 valence electrons. The first-order valence-corrected chi connectivity index (χ1v) is 3.63. The largest absolute Gasteiger partial charge is 0.494 e. The molecule has 4 heteroatoms. The van der Waals surface area contributed by atoms with Crippen LogP contribution < -0.4 is 4.74 Å². The van der Waals surface area contributed by atoms with Gasteiger partial charge in [0.25, 0.3) is 0 Å². The molecule has 1 rings (SSSR count). The molecule has 0 saturated carbocycles. The highest BCUT2D eigenvalue weighted by molar-refractivity contribution is 5.13. The topological polar surface area (TPSA) is 55.2 Å². The lowest BCUT2D eigenvalue weighted by atomic mass is 10.1. The lowest BCUT2D eigenvalue weighted by Gasteiger charge is -2.14. The molecule has 0 unspecified atom stereocenters. The third kappa shape index (κ3) is 1.92. The summed E-state index contributed by atoms with van der Waals surface area (Å²) in [6.07, 6.45) is 3.06. The number of hydrogen-bond acceptors (Lipinski definition) is 4. The highest BCUT2D eigenvalue weighted by atomic mass is 16.5. The van der Waals surface area contributed by atoms with Crippen molar-refractivity contribution in [2.75, 3.05) is 7.11 Å². The van der Waals surface area contributed by atoms with Crippen LogP contribution >= 0.6 is 0 Å². The van der Waals surface area contributed by atoms with Gasteiger partial charge in [-0.3, -0.25) is 0 Å². The molecule has 1 aromatic rings. The summed E-state index contributed by atoms with van der Waals surface area (Å²) in [6.45, 7) is 3.27. The Bertz CT molecular complexity index is 251. The Kier molecular flexibility index (Phi) is 2.28. The molecule has 0 atom stereocenters. The molecular formula is C8H12N2O2. The van der Waals surface area contributed by atoms with Crippen LogP contribution in [0.2, 0.25) is 0 Å². The van der Waals surface area contributed by atoms with E-state index in [-0.39, 0.29) is 0 Å². The SMILES string of the molecule is COc1cnc(C(C)(C)O)nc1. The van der Waals surface area contributed by atoms with Gasteiger partial charge >= 0.3 is 0 Å². The van der Waals surface area contributed by atoms with Gasteiger partial charge in [-0.25, -0.2) is 9.97 Å². The van der Waals surface area contributed by atoms with E-state index in [9.17, 15) is 5.11 Å². The van der Waals surface area contributed by atoms with E-state index in [1.54, 1.807) is 21.0 Å². The van der Waals surface area contributed by atoms with Crippen LogP contribution in [-0.4, -0.2) is 22.2 Å². The van der Waals surface area contributed by atoms with Crippen LogP contribution in [0.1, 0.15) is 19.7 Å². The summed E-state index contributed by atoms with van der Waals surface area (Å²) in [7, 11) is 1.54. The van der Waals surface area contributed by atoms with Crippen molar-refractivity contribution >= 4 is 0 Å². The van der Waals surface area contributed by atoms with E-state index in [0.717, 1.165) is 0 Å². The Morgan fingerprint density at radius 1 is 1.33 bits per heavy atom. The Morgan fingerprint density at radius 2 is 1.83 bits per heavy atom. The minimum atomic E-state index is -0.994. The van der Waals surface area contributed by atoms with Gasteiger partial charge in [0.1, 0.15) is 5.60 Å². The molecule has 4 nitrogen and oxygen atoms in total. The van der Waals surface area contributed by atoms with Crippen molar-refractivity contribution in [3.63, 3.8) is 0 Å². The van der Waals surface area contributed by atoms with Gasteiger partial charge in [-0.2, -0.15) is 0 Å². The summed E-state index contributed by atoms with van der Waals surface area (Å²) in [5.41, 5.74) is -0.994. The predicted molar refractivity (Wildman–Crippen MR) is 43.8 cm³/mol. The van der Waals surface area contributed by atoms with Gasteiger partial charge in [-0.15, -0.1) is 0 Å². The van der Waals surface area contributed by atoms with E-state index < -0.39 is 5.60 Å². The molecule has 0 spiro atoms. The van der Waals surface area contributed by atoms with Crippen molar-refractivity contribution in [1.82, 2.24) is 9.97 Å². The van der Waals surface area contributed by atoms with E-state index in [0.29, 0.717) is 11.6 Å². The van der Waals surface area contributed by atoms with Crippen LogP contribution in [0.25, 0.3) is 0 Å². The van der Waals surface area contributed by atoms with Crippen molar-refractivity contribution in [2.45, 2.75) is 19.4 Å². The van der Waals surface area contributed by atoms with Gasteiger partial charge < -0.3 is 9.84 Å². The summed E-state index contributed by atoms with van der Waals surface area (Å²) in [6, 6.07) is 0. The number of methoxy groups -OCH3 is 1. The number of ether oxygens (including phenoxy) is 1. The second kappa shape index (κ2) is 3.06. The van der Waals surface area contributed by atoms with Crippen molar-refractivity contribution in [3.05, 3.63) is 18.2 Å². The van der Waals surface area contributed by atoms with Crippen molar-refractivity contribution < 1.29 is 9.84 Å². The van der Waals surface area contributed by atoms with Gasteiger partial charge in [0.05, 0.1) is 19.5 Å². The maximum Gasteiger partial charge on any atom is 0.159 e. The Balaban J connectivity index is 2.93. The zero-order valence-corrected chi connectivity index (χ0v) is 7.40. The van der Waals surface area contributed by atoms with Crippen LogP contribution in [0.5, 0.6) is 5.75 Å². The lowest BCUT2D eigenvalue weighted by molar-refractivity contribution is 0.0685. The zero-order chi connectivity index (χ0) is 9.19. The van der Waals surface area contributed by atoms with E-state index in [2.05, 4.69) is 9.97 Å². The molecule has 0 amide bonds. The minimum absolute atomic E-state index is 0.392. The summed E-state index contributed by atoms with van der Waals surface area (Å²) < 4.78 is 4.88. The molecule has 1 heterocycles. The Labute approximate surface area is 71.2 Å². The van der Waals surface area contributed by atoms with E-state index in [4.69, 9.17) is 4.74 Å². The summed E-state index contributed by atoms with van der Waals surface area (Å²) in [4.78, 5) is 7.87. The third-order valence-corrected chi connectivity index (χ3v) is 1.41. The first-order chi connectivity index (χ1) is 5.54. The molecule has 12 heavy (non-hydrogen) atoms. The van der Waals surface area contributed by atoms with Crippen LogP contribution in [0, 0.1) is 0 Å². The Morgan fingerprint density at radius 3 is 2.17 bits per heavy atom.